The lowest BCUT2D eigenvalue weighted by Gasteiger charge is -2.22. The molecule has 0 aliphatic carbocycles. The fourth-order valence-corrected chi connectivity index (χ4v) is 2.57. The van der Waals surface area contributed by atoms with Gasteiger partial charge in [-0.3, -0.25) is 4.79 Å². The molecule has 1 aromatic rings. The van der Waals surface area contributed by atoms with Crippen LogP contribution in [0, 0.1) is 12.7 Å². The van der Waals surface area contributed by atoms with Gasteiger partial charge in [0.2, 0.25) is 5.91 Å². The summed E-state index contributed by atoms with van der Waals surface area (Å²) >= 11 is 0. The number of aliphatic hydroxyl groups excluding tert-OH is 1. The summed E-state index contributed by atoms with van der Waals surface area (Å²) in [6.45, 7) is 4.63. The molecule has 1 saturated heterocycles. The Balaban J connectivity index is 1.95. The SMILES string of the molecule is CC(=O)N1CCN(C(=O)NCc2cc(F)ccc2C)C[C@@H](O)C1. The largest absolute Gasteiger partial charge is 0.389 e. The monoisotopic (exact) mass is 323 g/mol. The molecular weight excluding hydrogens is 301 g/mol. The van der Waals surface area contributed by atoms with Gasteiger partial charge in [-0.1, -0.05) is 6.07 Å². The quantitative estimate of drug-likeness (QED) is 0.848. The molecule has 3 amide bonds. The lowest BCUT2D eigenvalue weighted by atomic mass is 10.1. The molecule has 6 nitrogen and oxygen atoms in total. The Bertz CT molecular complexity index is 594. The van der Waals surface area contributed by atoms with E-state index in [9.17, 15) is 19.1 Å². The highest BCUT2D eigenvalue weighted by Crippen LogP contribution is 2.10. The highest BCUT2D eigenvalue weighted by Gasteiger charge is 2.25. The van der Waals surface area contributed by atoms with Crippen LogP contribution in [0.25, 0.3) is 0 Å². The molecule has 2 rings (SSSR count). The minimum Gasteiger partial charge on any atom is -0.389 e. The third kappa shape index (κ3) is 4.66. The third-order valence-corrected chi connectivity index (χ3v) is 3.98. The molecule has 1 heterocycles. The average molecular weight is 323 g/mol. The zero-order valence-corrected chi connectivity index (χ0v) is 13.4. The maximum Gasteiger partial charge on any atom is 0.317 e. The van der Waals surface area contributed by atoms with Crippen LogP contribution in [-0.4, -0.2) is 59.1 Å². The van der Waals surface area contributed by atoms with E-state index in [4.69, 9.17) is 0 Å². The summed E-state index contributed by atoms with van der Waals surface area (Å²) in [4.78, 5) is 26.7. The van der Waals surface area contributed by atoms with Crippen molar-refractivity contribution in [3.05, 3.63) is 35.1 Å². The molecule has 0 aromatic heterocycles. The first-order valence-corrected chi connectivity index (χ1v) is 7.58. The molecule has 0 spiro atoms. The van der Waals surface area contributed by atoms with Crippen LogP contribution in [0.2, 0.25) is 0 Å². The Kier molecular flexibility index (Phi) is 5.54. The summed E-state index contributed by atoms with van der Waals surface area (Å²) in [6, 6.07) is 4.10. The Hall–Kier alpha value is -2.15. The molecule has 23 heavy (non-hydrogen) atoms. The molecule has 0 radical (unpaired) electrons. The number of hydrogen-bond donors (Lipinski definition) is 2. The van der Waals surface area contributed by atoms with Crippen LogP contribution in [0.3, 0.4) is 0 Å². The fraction of sp³-hybridized carbons (Fsp3) is 0.500. The second kappa shape index (κ2) is 7.41. The average Bonchev–Trinajstić information content (AvgIpc) is 2.70. The first-order chi connectivity index (χ1) is 10.9. The molecule has 1 fully saturated rings. The van der Waals surface area contributed by atoms with E-state index in [1.165, 1.54) is 28.9 Å². The number of nitrogens with zero attached hydrogens (tertiary/aromatic N) is 2. The molecule has 2 N–H and O–H groups in total. The Morgan fingerprint density at radius 2 is 1.96 bits per heavy atom. The van der Waals surface area contributed by atoms with Crippen LogP contribution in [0.1, 0.15) is 18.1 Å². The van der Waals surface area contributed by atoms with Gasteiger partial charge in [-0.2, -0.15) is 0 Å². The second-order valence-corrected chi connectivity index (χ2v) is 5.79. The number of urea groups is 1. The highest BCUT2D eigenvalue weighted by molar-refractivity contribution is 5.75. The first kappa shape index (κ1) is 17.2. The summed E-state index contributed by atoms with van der Waals surface area (Å²) in [6.07, 6.45) is -0.775. The molecule has 1 aliphatic rings. The van der Waals surface area contributed by atoms with Crippen LogP contribution >= 0.6 is 0 Å². The van der Waals surface area contributed by atoms with E-state index < -0.39 is 6.10 Å². The zero-order chi connectivity index (χ0) is 17.0. The number of aryl methyl sites for hydroxylation is 1. The van der Waals surface area contributed by atoms with E-state index in [0.29, 0.717) is 18.7 Å². The van der Waals surface area contributed by atoms with E-state index in [-0.39, 0.29) is 37.4 Å². The summed E-state index contributed by atoms with van der Waals surface area (Å²) < 4.78 is 13.3. The van der Waals surface area contributed by atoms with Gasteiger partial charge < -0.3 is 20.2 Å². The van der Waals surface area contributed by atoms with Crippen molar-refractivity contribution in [2.75, 3.05) is 26.2 Å². The van der Waals surface area contributed by atoms with Gasteiger partial charge in [0.25, 0.3) is 0 Å². The normalized spacial score (nSPS) is 18.5. The number of amides is 3. The Labute approximate surface area is 134 Å². The predicted molar refractivity (Wildman–Crippen MR) is 83.2 cm³/mol. The minimum atomic E-state index is -0.775. The van der Waals surface area contributed by atoms with Crippen molar-refractivity contribution in [1.29, 1.82) is 0 Å². The summed E-state index contributed by atoms with van der Waals surface area (Å²) in [5.74, 6) is -0.469. The summed E-state index contributed by atoms with van der Waals surface area (Å²) in [5.41, 5.74) is 1.60. The van der Waals surface area contributed by atoms with Crippen LogP contribution < -0.4 is 5.32 Å². The number of benzene rings is 1. The summed E-state index contributed by atoms with van der Waals surface area (Å²) in [7, 11) is 0. The first-order valence-electron chi connectivity index (χ1n) is 7.58. The number of halogens is 1. The highest BCUT2D eigenvalue weighted by atomic mass is 19.1. The van der Waals surface area contributed by atoms with Gasteiger partial charge in [-0.05, 0) is 30.2 Å². The molecule has 1 atom stereocenters. The van der Waals surface area contributed by atoms with Crippen LogP contribution in [-0.2, 0) is 11.3 Å². The molecule has 0 unspecified atom stereocenters. The number of rotatable bonds is 2. The summed E-state index contributed by atoms with van der Waals surface area (Å²) in [5, 5.41) is 12.7. The molecule has 1 aromatic carbocycles. The number of β-amino-alcohol motifs (C(OH)–C–C–N with tert-alkyl or cyclic N) is 1. The molecular formula is C16H22FN3O3. The van der Waals surface area contributed by atoms with E-state index in [2.05, 4.69) is 5.32 Å². The minimum absolute atomic E-state index is 0.123. The molecule has 0 saturated carbocycles. The van der Waals surface area contributed by atoms with Crippen molar-refractivity contribution >= 4 is 11.9 Å². The number of aliphatic hydroxyl groups is 1. The van der Waals surface area contributed by atoms with E-state index in [1.54, 1.807) is 6.07 Å². The Morgan fingerprint density at radius 1 is 1.30 bits per heavy atom. The third-order valence-electron chi connectivity index (χ3n) is 3.98. The van der Waals surface area contributed by atoms with Gasteiger partial charge in [-0.15, -0.1) is 0 Å². The van der Waals surface area contributed by atoms with Crippen molar-refractivity contribution in [3.8, 4) is 0 Å². The van der Waals surface area contributed by atoms with E-state index >= 15 is 0 Å². The fourth-order valence-electron chi connectivity index (χ4n) is 2.57. The lowest BCUT2D eigenvalue weighted by Crippen LogP contribution is -2.43. The predicted octanol–water partition coefficient (Wildman–Crippen LogP) is 0.869. The van der Waals surface area contributed by atoms with E-state index in [1.807, 2.05) is 6.92 Å². The van der Waals surface area contributed by atoms with E-state index in [0.717, 1.165) is 5.56 Å². The molecule has 126 valence electrons. The molecule has 0 bridgehead atoms. The van der Waals surface area contributed by atoms with Crippen molar-refractivity contribution < 1.29 is 19.1 Å². The second-order valence-electron chi connectivity index (χ2n) is 5.79. The number of carbonyl (C=O) groups is 2. The molecule has 7 heteroatoms. The van der Waals surface area contributed by atoms with Crippen LogP contribution in [0.4, 0.5) is 9.18 Å². The number of nitrogens with one attached hydrogen (secondary N) is 1. The molecule has 1 aliphatic heterocycles. The van der Waals surface area contributed by atoms with Crippen molar-refractivity contribution in [1.82, 2.24) is 15.1 Å². The smallest absolute Gasteiger partial charge is 0.317 e. The number of carbonyl (C=O) groups excluding carboxylic acids is 2. The maximum atomic E-state index is 13.3. The van der Waals surface area contributed by atoms with Gasteiger partial charge in [0, 0.05) is 33.1 Å². The zero-order valence-electron chi connectivity index (χ0n) is 13.4. The van der Waals surface area contributed by atoms with Crippen molar-refractivity contribution in [3.63, 3.8) is 0 Å². The van der Waals surface area contributed by atoms with Gasteiger partial charge in [0.15, 0.2) is 0 Å². The van der Waals surface area contributed by atoms with Crippen LogP contribution in [0.15, 0.2) is 18.2 Å². The van der Waals surface area contributed by atoms with Gasteiger partial charge in [0.1, 0.15) is 5.82 Å². The van der Waals surface area contributed by atoms with Crippen molar-refractivity contribution in [2.24, 2.45) is 0 Å². The van der Waals surface area contributed by atoms with Crippen molar-refractivity contribution in [2.45, 2.75) is 26.5 Å². The number of hydrogen-bond acceptors (Lipinski definition) is 3. The Morgan fingerprint density at radius 3 is 2.65 bits per heavy atom. The topological polar surface area (TPSA) is 72.9 Å². The van der Waals surface area contributed by atoms with Crippen LogP contribution in [0.5, 0.6) is 0 Å². The van der Waals surface area contributed by atoms with Gasteiger partial charge >= 0.3 is 6.03 Å². The standard InChI is InChI=1S/C16H22FN3O3/c1-11-3-4-14(17)7-13(11)8-18-16(23)20-6-5-19(12(2)21)9-15(22)10-20/h3-4,7,15,22H,5-6,8-10H2,1-2H3,(H,18,23)/t15-/m0/s1. The maximum absolute atomic E-state index is 13.3. The van der Waals surface area contributed by atoms with Gasteiger partial charge in [0.05, 0.1) is 12.6 Å². The van der Waals surface area contributed by atoms with Gasteiger partial charge in [-0.25, -0.2) is 9.18 Å². The lowest BCUT2D eigenvalue weighted by molar-refractivity contribution is -0.129.